The van der Waals surface area contributed by atoms with Crippen molar-refractivity contribution in [3.05, 3.63) is 15.6 Å². The van der Waals surface area contributed by atoms with Crippen LogP contribution in [-0.4, -0.2) is 9.97 Å². The van der Waals surface area contributed by atoms with Crippen molar-refractivity contribution in [1.82, 2.24) is 9.97 Å². The first-order chi connectivity index (χ1) is 5.41. The molecule has 2 N–H and O–H groups in total. The number of aromatic nitrogens is 2. The van der Waals surface area contributed by atoms with Gasteiger partial charge in [-0.1, -0.05) is 0 Å². The van der Waals surface area contributed by atoms with Gasteiger partial charge in [0.1, 0.15) is 3.70 Å². The molecule has 7 heteroatoms. The molecule has 1 aromatic rings. The maximum absolute atomic E-state index is 11.9. The van der Waals surface area contributed by atoms with Crippen LogP contribution in [0.1, 0.15) is 5.69 Å². The zero-order valence-electron chi connectivity index (χ0n) is 5.56. The smallest absolute Gasteiger partial charge is 0.381 e. The Balaban J connectivity index is 3.14. The number of alkyl halides is 3. The molecule has 0 aromatic carbocycles. The average molecular weight is 289 g/mol. The summed E-state index contributed by atoms with van der Waals surface area (Å²) in [6, 6.07) is 0. The highest BCUT2D eigenvalue weighted by atomic mass is 127. The molecule has 0 atom stereocenters. The molecule has 0 aliphatic carbocycles. The van der Waals surface area contributed by atoms with E-state index in [1.807, 2.05) is 0 Å². The second-order valence-electron chi connectivity index (χ2n) is 1.93. The lowest BCUT2D eigenvalue weighted by Crippen LogP contribution is -2.11. The zero-order valence-corrected chi connectivity index (χ0v) is 7.72. The van der Waals surface area contributed by atoms with E-state index >= 15 is 0 Å². The van der Waals surface area contributed by atoms with E-state index in [-0.39, 0.29) is 9.52 Å². The van der Waals surface area contributed by atoms with Gasteiger partial charge in [-0.15, -0.1) is 0 Å². The van der Waals surface area contributed by atoms with E-state index in [1.165, 1.54) is 0 Å². The molecule has 12 heavy (non-hydrogen) atoms. The normalized spacial score (nSPS) is 11.7. The topological polar surface area (TPSA) is 51.8 Å². The third-order valence-electron chi connectivity index (χ3n) is 1.04. The van der Waals surface area contributed by atoms with E-state index in [0.717, 1.165) is 0 Å². The minimum Gasteiger partial charge on any atom is -0.381 e. The molecule has 1 heterocycles. The van der Waals surface area contributed by atoms with Crippen LogP contribution in [0, 0.1) is 3.70 Å². The average Bonchev–Trinajstić information content (AvgIpc) is 1.92. The van der Waals surface area contributed by atoms with Gasteiger partial charge in [0.05, 0.1) is 6.20 Å². The van der Waals surface area contributed by atoms with Gasteiger partial charge in [0, 0.05) is 0 Å². The van der Waals surface area contributed by atoms with Crippen molar-refractivity contribution >= 4 is 28.4 Å². The lowest BCUT2D eigenvalue weighted by Gasteiger charge is -2.05. The maximum Gasteiger partial charge on any atom is 0.434 e. The molecule has 1 rings (SSSR count). The van der Waals surface area contributed by atoms with E-state index in [4.69, 9.17) is 5.73 Å². The molecule has 0 amide bonds. The van der Waals surface area contributed by atoms with Crippen LogP contribution in [0.2, 0.25) is 0 Å². The summed E-state index contributed by atoms with van der Waals surface area (Å²) in [5.74, 6) is -0.203. The second kappa shape index (κ2) is 3.04. The van der Waals surface area contributed by atoms with E-state index in [1.54, 1.807) is 22.6 Å². The van der Waals surface area contributed by atoms with Crippen molar-refractivity contribution in [2.75, 3.05) is 5.73 Å². The quantitative estimate of drug-likeness (QED) is 0.739. The molecule has 0 aliphatic heterocycles. The van der Waals surface area contributed by atoms with Crippen molar-refractivity contribution in [2.24, 2.45) is 0 Å². The number of halogens is 4. The Labute approximate surface area is 79.3 Å². The molecule has 0 bridgehead atoms. The van der Waals surface area contributed by atoms with Gasteiger partial charge in [-0.3, -0.25) is 0 Å². The third-order valence-corrected chi connectivity index (χ3v) is 1.87. The van der Waals surface area contributed by atoms with Gasteiger partial charge in [0.2, 0.25) is 0 Å². The van der Waals surface area contributed by atoms with E-state index in [0.29, 0.717) is 6.20 Å². The summed E-state index contributed by atoms with van der Waals surface area (Å²) in [5.41, 5.74) is 4.07. The monoisotopic (exact) mass is 289 g/mol. The lowest BCUT2D eigenvalue weighted by molar-refractivity contribution is -0.141. The summed E-state index contributed by atoms with van der Waals surface area (Å²) < 4.78 is 36.1. The van der Waals surface area contributed by atoms with Crippen molar-refractivity contribution in [3.8, 4) is 0 Å². The fourth-order valence-electron chi connectivity index (χ4n) is 0.525. The molecular formula is C5H3F3IN3. The second-order valence-corrected chi connectivity index (χ2v) is 2.95. The van der Waals surface area contributed by atoms with Crippen molar-refractivity contribution in [3.63, 3.8) is 0 Å². The maximum atomic E-state index is 11.9. The minimum absolute atomic E-state index is 0.203. The molecule has 0 radical (unpaired) electrons. The first-order valence-electron chi connectivity index (χ1n) is 2.76. The van der Waals surface area contributed by atoms with Crippen LogP contribution >= 0.6 is 22.6 Å². The van der Waals surface area contributed by atoms with Crippen LogP contribution in [0.15, 0.2) is 6.20 Å². The highest BCUT2D eigenvalue weighted by Gasteiger charge is 2.33. The Kier molecular flexibility index (Phi) is 2.40. The number of nitrogens with zero attached hydrogens (tertiary/aromatic N) is 2. The summed E-state index contributed by atoms with van der Waals surface area (Å²) in [7, 11) is 0. The van der Waals surface area contributed by atoms with Crippen LogP contribution in [-0.2, 0) is 6.18 Å². The predicted molar refractivity (Wildman–Crippen MR) is 44.2 cm³/mol. The molecule has 0 unspecified atom stereocenters. The van der Waals surface area contributed by atoms with Crippen molar-refractivity contribution in [1.29, 1.82) is 0 Å². The van der Waals surface area contributed by atoms with Gasteiger partial charge < -0.3 is 5.73 Å². The van der Waals surface area contributed by atoms with Crippen LogP contribution in [0.25, 0.3) is 0 Å². The van der Waals surface area contributed by atoms with Crippen LogP contribution in [0.5, 0.6) is 0 Å². The molecule has 1 aromatic heterocycles. The highest BCUT2D eigenvalue weighted by molar-refractivity contribution is 14.1. The lowest BCUT2D eigenvalue weighted by atomic mass is 10.4. The Bertz CT molecular complexity index is 298. The van der Waals surface area contributed by atoms with Gasteiger partial charge >= 0.3 is 6.18 Å². The van der Waals surface area contributed by atoms with Gasteiger partial charge in [0.25, 0.3) is 0 Å². The zero-order chi connectivity index (χ0) is 9.35. The van der Waals surface area contributed by atoms with Crippen LogP contribution < -0.4 is 5.73 Å². The van der Waals surface area contributed by atoms with Crippen molar-refractivity contribution in [2.45, 2.75) is 6.18 Å². The molecule has 66 valence electrons. The van der Waals surface area contributed by atoms with E-state index < -0.39 is 11.9 Å². The molecular weight excluding hydrogens is 286 g/mol. The summed E-state index contributed by atoms with van der Waals surface area (Å²) in [4.78, 5) is 6.55. The molecule has 0 spiro atoms. The molecule has 3 nitrogen and oxygen atoms in total. The van der Waals surface area contributed by atoms with Crippen LogP contribution in [0.3, 0.4) is 0 Å². The number of anilines is 1. The van der Waals surface area contributed by atoms with Gasteiger partial charge in [-0.05, 0) is 22.6 Å². The SMILES string of the molecule is Nc1nc(C(F)(F)F)cnc1I. The number of nitrogen functional groups attached to an aromatic ring is 1. The molecule has 0 saturated heterocycles. The Morgan fingerprint density at radius 1 is 1.42 bits per heavy atom. The third kappa shape index (κ3) is 1.96. The summed E-state index contributed by atoms with van der Waals surface area (Å²) in [6.07, 6.45) is -3.83. The minimum atomic E-state index is -4.48. The molecule has 0 saturated carbocycles. The number of hydrogen-bond acceptors (Lipinski definition) is 3. The standard InChI is InChI=1S/C5H3F3IN3/c6-5(7,8)2-1-11-3(9)4(10)12-2/h1H,(H2,10,12). The molecule has 0 fully saturated rings. The summed E-state index contributed by atoms with van der Waals surface area (Å²) in [6.45, 7) is 0. The van der Waals surface area contributed by atoms with Gasteiger partial charge in [-0.25, -0.2) is 9.97 Å². The van der Waals surface area contributed by atoms with E-state index in [2.05, 4.69) is 9.97 Å². The number of hydrogen-bond donors (Lipinski definition) is 1. The van der Waals surface area contributed by atoms with Crippen LogP contribution in [0.4, 0.5) is 19.0 Å². The largest absolute Gasteiger partial charge is 0.434 e. The Morgan fingerprint density at radius 3 is 2.42 bits per heavy atom. The Hall–Kier alpha value is -0.600. The molecule has 0 aliphatic rings. The first-order valence-corrected chi connectivity index (χ1v) is 3.84. The fourth-order valence-corrected chi connectivity index (χ4v) is 0.785. The fraction of sp³-hybridized carbons (Fsp3) is 0.200. The number of nitrogens with two attached hydrogens (primary N) is 1. The predicted octanol–water partition coefficient (Wildman–Crippen LogP) is 1.68. The summed E-state index contributed by atoms with van der Waals surface area (Å²) >= 11 is 1.70. The van der Waals surface area contributed by atoms with Gasteiger partial charge in [-0.2, -0.15) is 13.2 Å². The highest BCUT2D eigenvalue weighted by Crippen LogP contribution is 2.27. The van der Waals surface area contributed by atoms with E-state index in [9.17, 15) is 13.2 Å². The summed E-state index contributed by atoms with van der Waals surface area (Å²) in [5, 5.41) is 0. The Morgan fingerprint density at radius 2 is 2.00 bits per heavy atom. The first kappa shape index (κ1) is 9.49. The van der Waals surface area contributed by atoms with Crippen molar-refractivity contribution < 1.29 is 13.2 Å². The van der Waals surface area contributed by atoms with Gasteiger partial charge in [0.15, 0.2) is 11.5 Å². The number of rotatable bonds is 0.